The molecule has 0 saturated heterocycles. The van der Waals surface area contributed by atoms with Gasteiger partial charge < -0.3 is 14.8 Å². The molecule has 1 saturated carbocycles. The summed E-state index contributed by atoms with van der Waals surface area (Å²) in [6.45, 7) is 0. The van der Waals surface area contributed by atoms with Gasteiger partial charge in [0, 0.05) is 5.56 Å². The van der Waals surface area contributed by atoms with E-state index >= 15 is 0 Å². The summed E-state index contributed by atoms with van der Waals surface area (Å²) in [4.78, 5) is 25.0. The SMILES string of the molecule is C#Cc1cccc2c(=O)c(-c3ccc(C4(NC(=O)O)CCC4)cc3)c(-c3ccccc3)oc12. The Morgan fingerprint density at radius 2 is 1.70 bits per heavy atom. The van der Waals surface area contributed by atoms with Crippen LogP contribution in [0, 0.1) is 12.3 Å². The lowest BCUT2D eigenvalue weighted by Gasteiger charge is -2.42. The van der Waals surface area contributed by atoms with E-state index in [1.165, 1.54) is 0 Å². The van der Waals surface area contributed by atoms with Gasteiger partial charge in [0.1, 0.15) is 5.76 Å². The fourth-order valence-corrected chi connectivity index (χ4v) is 4.56. The molecule has 1 amide bonds. The van der Waals surface area contributed by atoms with Crippen molar-refractivity contribution in [3.8, 4) is 34.8 Å². The molecule has 5 heteroatoms. The Labute approximate surface area is 190 Å². The fourth-order valence-electron chi connectivity index (χ4n) is 4.56. The van der Waals surface area contributed by atoms with Crippen LogP contribution in [0.5, 0.6) is 0 Å². The van der Waals surface area contributed by atoms with Gasteiger partial charge in [-0.3, -0.25) is 4.79 Å². The number of carboxylic acid groups (broad SMARTS) is 1. The van der Waals surface area contributed by atoms with E-state index in [0.29, 0.717) is 33.4 Å². The standard InChI is InChI=1S/C28H21NO4/c1-2-18-10-6-11-22-24(30)23(26(33-25(18)22)20-8-4-3-5-9-20)19-12-14-21(15-13-19)28(16-7-17-28)29-27(31)32/h1,3-6,8-15,29H,7,16-17H2,(H,31,32). The Hall–Kier alpha value is -4.30. The normalized spacial score (nSPS) is 14.3. The minimum Gasteiger partial charge on any atom is -0.465 e. The molecule has 1 fully saturated rings. The van der Waals surface area contributed by atoms with Crippen molar-refractivity contribution < 1.29 is 14.3 Å². The van der Waals surface area contributed by atoms with Crippen molar-refractivity contribution in [2.75, 3.05) is 0 Å². The van der Waals surface area contributed by atoms with Crippen LogP contribution in [0.15, 0.2) is 82.0 Å². The first-order chi connectivity index (χ1) is 16.0. The number of rotatable bonds is 4. The van der Waals surface area contributed by atoms with Gasteiger partial charge in [0.15, 0.2) is 5.58 Å². The number of carbonyl (C=O) groups is 1. The van der Waals surface area contributed by atoms with Crippen LogP contribution in [0.2, 0.25) is 0 Å². The first-order valence-corrected chi connectivity index (χ1v) is 10.8. The maximum absolute atomic E-state index is 13.7. The van der Waals surface area contributed by atoms with Crippen molar-refractivity contribution in [3.63, 3.8) is 0 Å². The first kappa shape index (κ1) is 20.6. The number of terminal acetylenes is 1. The monoisotopic (exact) mass is 435 g/mol. The first-order valence-electron chi connectivity index (χ1n) is 10.8. The van der Waals surface area contributed by atoms with E-state index < -0.39 is 11.6 Å². The third-order valence-electron chi connectivity index (χ3n) is 6.39. The van der Waals surface area contributed by atoms with Gasteiger partial charge in [0.05, 0.1) is 22.1 Å². The maximum Gasteiger partial charge on any atom is 0.405 e. The average molecular weight is 435 g/mol. The Morgan fingerprint density at radius 3 is 2.30 bits per heavy atom. The highest BCUT2D eigenvalue weighted by atomic mass is 16.4. The number of fused-ring (bicyclic) bond motifs is 1. The molecular formula is C28H21NO4. The lowest BCUT2D eigenvalue weighted by atomic mass is 9.71. The summed E-state index contributed by atoms with van der Waals surface area (Å²) >= 11 is 0. The fraction of sp³-hybridized carbons (Fsp3) is 0.143. The number of benzene rings is 3. The van der Waals surface area contributed by atoms with Gasteiger partial charge in [-0.05, 0) is 42.5 Å². The van der Waals surface area contributed by atoms with Crippen molar-refractivity contribution >= 4 is 17.1 Å². The van der Waals surface area contributed by atoms with E-state index in [-0.39, 0.29) is 5.43 Å². The summed E-state index contributed by atoms with van der Waals surface area (Å²) in [5, 5.41) is 12.4. The molecular weight excluding hydrogens is 414 g/mol. The number of hydrogen-bond donors (Lipinski definition) is 2. The molecule has 5 nitrogen and oxygen atoms in total. The smallest absolute Gasteiger partial charge is 0.405 e. The molecule has 3 aromatic carbocycles. The molecule has 5 rings (SSSR count). The highest BCUT2D eigenvalue weighted by Crippen LogP contribution is 2.42. The molecule has 1 aliphatic rings. The van der Waals surface area contributed by atoms with Crippen LogP contribution in [0.3, 0.4) is 0 Å². The number of para-hydroxylation sites is 1. The minimum atomic E-state index is -1.04. The van der Waals surface area contributed by atoms with Crippen molar-refractivity contribution in [2.45, 2.75) is 24.8 Å². The summed E-state index contributed by atoms with van der Waals surface area (Å²) in [6.07, 6.45) is 7.08. The topological polar surface area (TPSA) is 79.5 Å². The average Bonchev–Trinajstić information content (AvgIpc) is 2.81. The van der Waals surface area contributed by atoms with Crippen LogP contribution in [0.1, 0.15) is 30.4 Å². The van der Waals surface area contributed by atoms with Gasteiger partial charge in [-0.25, -0.2) is 4.79 Å². The molecule has 0 spiro atoms. The third-order valence-corrected chi connectivity index (χ3v) is 6.39. The minimum absolute atomic E-state index is 0.165. The molecule has 0 atom stereocenters. The molecule has 1 heterocycles. The molecule has 162 valence electrons. The van der Waals surface area contributed by atoms with Crippen LogP contribution >= 0.6 is 0 Å². The second-order valence-electron chi connectivity index (χ2n) is 8.27. The maximum atomic E-state index is 13.7. The van der Waals surface area contributed by atoms with E-state index in [0.717, 1.165) is 30.4 Å². The predicted octanol–water partition coefficient (Wildman–Crippen LogP) is 5.76. The zero-order valence-corrected chi connectivity index (χ0v) is 17.8. The van der Waals surface area contributed by atoms with Gasteiger partial charge in [0.2, 0.25) is 5.43 Å². The summed E-state index contributed by atoms with van der Waals surface area (Å²) in [7, 11) is 0. The zero-order valence-electron chi connectivity index (χ0n) is 17.8. The highest BCUT2D eigenvalue weighted by molar-refractivity contribution is 5.91. The Morgan fingerprint density at radius 1 is 0.970 bits per heavy atom. The van der Waals surface area contributed by atoms with E-state index in [1.807, 2.05) is 54.6 Å². The number of amides is 1. The molecule has 1 aliphatic carbocycles. The third kappa shape index (κ3) is 3.46. The van der Waals surface area contributed by atoms with Gasteiger partial charge in [-0.15, -0.1) is 6.42 Å². The molecule has 1 aromatic heterocycles. The van der Waals surface area contributed by atoms with Crippen molar-refractivity contribution in [1.29, 1.82) is 0 Å². The Balaban J connectivity index is 1.71. The summed E-state index contributed by atoms with van der Waals surface area (Å²) in [6, 6.07) is 22.2. The molecule has 0 unspecified atom stereocenters. The van der Waals surface area contributed by atoms with Gasteiger partial charge in [0.25, 0.3) is 0 Å². The second-order valence-corrected chi connectivity index (χ2v) is 8.27. The molecule has 0 aliphatic heterocycles. The lowest BCUT2D eigenvalue weighted by molar-refractivity contribution is 0.144. The van der Waals surface area contributed by atoms with Crippen LogP contribution in [0.4, 0.5) is 4.79 Å². The van der Waals surface area contributed by atoms with Crippen LogP contribution in [-0.4, -0.2) is 11.2 Å². The van der Waals surface area contributed by atoms with Crippen molar-refractivity contribution in [2.24, 2.45) is 0 Å². The summed E-state index contributed by atoms with van der Waals surface area (Å²) < 4.78 is 6.29. The molecule has 0 bridgehead atoms. The largest absolute Gasteiger partial charge is 0.465 e. The van der Waals surface area contributed by atoms with Crippen LogP contribution < -0.4 is 10.7 Å². The van der Waals surface area contributed by atoms with E-state index in [2.05, 4.69) is 11.2 Å². The van der Waals surface area contributed by atoms with E-state index in [9.17, 15) is 14.7 Å². The summed E-state index contributed by atoms with van der Waals surface area (Å²) in [5.74, 6) is 3.05. The van der Waals surface area contributed by atoms with Crippen molar-refractivity contribution in [3.05, 3.63) is 94.1 Å². The second kappa shape index (κ2) is 7.99. The number of nitrogens with one attached hydrogen (secondary N) is 1. The lowest BCUT2D eigenvalue weighted by Crippen LogP contribution is -2.50. The van der Waals surface area contributed by atoms with Gasteiger partial charge in [-0.2, -0.15) is 0 Å². The van der Waals surface area contributed by atoms with Gasteiger partial charge >= 0.3 is 6.09 Å². The molecule has 2 N–H and O–H groups in total. The Bertz CT molecular complexity index is 1460. The molecule has 33 heavy (non-hydrogen) atoms. The van der Waals surface area contributed by atoms with Crippen LogP contribution in [-0.2, 0) is 5.54 Å². The van der Waals surface area contributed by atoms with Gasteiger partial charge in [-0.1, -0.05) is 66.6 Å². The number of hydrogen-bond acceptors (Lipinski definition) is 3. The zero-order chi connectivity index (χ0) is 23.0. The van der Waals surface area contributed by atoms with E-state index in [1.54, 1.807) is 18.2 Å². The highest BCUT2D eigenvalue weighted by Gasteiger charge is 2.40. The predicted molar refractivity (Wildman–Crippen MR) is 128 cm³/mol. The van der Waals surface area contributed by atoms with E-state index in [4.69, 9.17) is 10.8 Å². The molecule has 0 radical (unpaired) electrons. The van der Waals surface area contributed by atoms with Crippen LogP contribution in [0.25, 0.3) is 33.4 Å². The Kier molecular flexibility index (Phi) is 4.99. The van der Waals surface area contributed by atoms with Crippen molar-refractivity contribution in [1.82, 2.24) is 5.32 Å². The summed E-state index contributed by atoms with van der Waals surface area (Å²) in [5.41, 5.74) is 2.99. The quantitative estimate of drug-likeness (QED) is 0.400. The molecule has 4 aromatic rings.